The van der Waals surface area contributed by atoms with E-state index in [1.807, 2.05) is 0 Å². The summed E-state index contributed by atoms with van der Waals surface area (Å²) in [6, 6.07) is 0. The smallest absolute Gasteiger partial charge is 0.00595 e. The van der Waals surface area contributed by atoms with E-state index >= 15 is 0 Å². The quantitative estimate of drug-likeness (QED) is 0.571. The minimum atomic E-state index is 0.752. The molecule has 2 saturated heterocycles. The molecule has 2 rings (SSSR count). The lowest BCUT2D eigenvalue weighted by Gasteiger charge is -2.41. The molecule has 2 fully saturated rings. The van der Waals surface area contributed by atoms with Crippen LogP contribution in [0, 0.1) is 0 Å². The average molecular weight is 202 g/mol. The second-order valence-electron chi connectivity index (χ2n) is 4.72. The Labute approximate surface area is 79.8 Å². The Hall–Kier alpha value is 0.860. The molecule has 2 aliphatic rings. The van der Waals surface area contributed by atoms with E-state index in [1.165, 1.54) is 55.2 Å². The highest BCUT2D eigenvalue weighted by Gasteiger charge is 2.47. The lowest BCUT2D eigenvalue weighted by Crippen LogP contribution is -2.39. The van der Waals surface area contributed by atoms with E-state index in [1.54, 1.807) is 0 Å². The van der Waals surface area contributed by atoms with Crippen LogP contribution >= 0.6 is 17.2 Å². The minimum Gasteiger partial charge on any atom is -0.115 e. The van der Waals surface area contributed by atoms with Crippen LogP contribution in [0.5, 0.6) is 0 Å². The first kappa shape index (κ1) is 9.42. The second-order valence-corrected chi connectivity index (χ2v) is 8.64. The molecule has 2 heterocycles. The Morgan fingerprint density at radius 2 is 1.25 bits per heavy atom. The summed E-state index contributed by atoms with van der Waals surface area (Å²) in [7, 11) is 2.53. The van der Waals surface area contributed by atoms with Gasteiger partial charge in [0.25, 0.3) is 0 Å². The fourth-order valence-corrected chi connectivity index (χ4v) is 6.81. The van der Waals surface area contributed by atoms with Gasteiger partial charge in [-0.1, -0.05) is 13.8 Å². The van der Waals surface area contributed by atoms with Gasteiger partial charge in [0, 0.05) is 0 Å². The van der Waals surface area contributed by atoms with E-state index in [0.717, 1.165) is 10.3 Å². The molecule has 2 unspecified atom stereocenters. The van der Waals surface area contributed by atoms with E-state index in [-0.39, 0.29) is 0 Å². The van der Waals surface area contributed by atoms with Crippen molar-refractivity contribution >= 4 is 17.2 Å². The molecule has 0 aromatic rings. The highest BCUT2D eigenvalue weighted by molar-refractivity contribution is 7.45. The predicted octanol–water partition coefficient (Wildman–Crippen LogP) is 3.45. The van der Waals surface area contributed by atoms with Crippen molar-refractivity contribution in [1.29, 1.82) is 0 Å². The summed E-state index contributed by atoms with van der Waals surface area (Å²) in [5.74, 6) is 0. The fourth-order valence-electron chi connectivity index (χ4n) is 2.73. The van der Waals surface area contributed by atoms with Crippen molar-refractivity contribution in [3.8, 4) is 0 Å². The molecule has 0 radical (unpaired) electrons. The predicted molar refractivity (Wildman–Crippen MR) is 61.6 cm³/mol. The van der Waals surface area contributed by atoms with E-state index in [0.29, 0.717) is 0 Å². The molecule has 0 aromatic carbocycles. The van der Waals surface area contributed by atoms with E-state index < -0.39 is 0 Å². The zero-order valence-corrected chi connectivity index (χ0v) is 10.2. The van der Waals surface area contributed by atoms with Gasteiger partial charge in [0.1, 0.15) is 0 Å². The third kappa shape index (κ3) is 1.36. The van der Waals surface area contributed by atoms with Gasteiger partial charge in [-0.3, -0.25) is 0 Å². The Morgan fingerprint density at radius 1 is 0.833 bits per heavy atom. The largest absolute Gasteiger partial charge is 0.115 e. The third-order valence-corrected chi connectivity index (χ3v) is 8.58. The van der Waals surface area contributed by atoms with Gasteiger partial charge in [-0.15, -0.1) is 17.2 Å². The molecule has 0 amide bonds. The maximum atomic E-state index is 2.57. The van der Waals surface area contributed by atoms with Crippen LogP contribution in [0.1, 0.15) is 39.5 Å². The summed E-state index contributed by atoms with van der Waals surface area (Å²) in [6.07, 6.45) is 9.11. The summed E-state index contributed by atoms with van der Waals surface area (Å²) in [6.45, 7) is 5.13. The molecule has 70 valence electrons. The number of rotatable bonds is 1. The van der Waals surface area contributed by atoms with E-state index in [4.69, 9.17) is 0 Å². The summed E-state index contributed by atoms with van der Waals surface area (Å²) in [4.78, 5) is 0. The highest BCUT2D eigenvalue weighted by atomic mass is 31.1. The van der Waals surface area contributed by atoms with Crippen molar-refractivity contribution in [3.63, 3.8) is 0 Å². The molecule has 0 spiro atoms. The van der Waals surface area contributed by atoms with Crippen LogP contribution in [0.4, 0.5) is 0 Å². The lowest BCUT2D eigenvalue weighted by atomic mass is 9.87. The van der Waals surface area contributed by atoms with Gasteiger partial charge in [0.15, 0.2) is 0 Å². The lowest BCUT2D eigenvalue weighted by molar-refractivity contribution is 0.443. The average Bonchev–Trinajstić information content (AvgIpc) is 2.60. The van der Waals surface area contributed by atoms with Crippen molar-refractivity contribution in [1.82, 2.24) is 0 Å². The van der Waals surface area contributed by atoms with Crippen LogP contribution in [0.3, 0.4) is 0 Å². The molecule has 0 aliphatic carbocycles. The number of hydrogen-bond acceptors (Lipinski definition) is 0. The first-order valence-corrected chi connectivity index (χ1v) is 7.58. The zero-order chi connectivity index (χ0) is 8.66. The van der Waals surface area contributed by atoms with Crippen molar-refractivity contribution in [3.05, 3.63) is 0 Å². The van der Waals surface area contributed by atoms with Crippen LogP contribution in [0.15, 0.2) is 0 Å². The fraction of sp³-hybridized carbons (Fsp3) is 1.00. The normalized spacial score (nSPS) is 52.5. The van der Waals surface area contributed by atoms with Gasteiger partial charge in [-0.2, -0.15) is 0 Å². The van der Waals surface area contributed by atoms with Gasteiger partial charge in [-0.25, -0.2) is 0 Å². The second kappa shape index (κ2) is 3.21. The van der Waals surface area contributed by atoms with Crippen LogP contribution in [0.2, 0.25) is 0 Å². The van der Waals surface area contributed by atoms with Gasteiger partial charge < -0.3 is 0 Å². The van der Waals surface area contributed by atoms with Crippen LogP contribution in [0.25, 0.3) is 0 Å². The Balaban J connectivity index is 2.14. The van der Waals surface area contributed by atoms with Crippen molar-refractivity contribution in [2.45, 2.75) is 49.8 Å². The molecule has 2 heteroatoms. The maximum Gasteiger partial charge on any atom is -0.00595 e. The molecule has 0 N–H and O–H groups in total. The Bertz CT molecular complexity index is 145. The van der Waals surface area contributed by atoms with Gasteiger partial charge in [-0.05, 0) is 48.3 Å². The molecular weight excluding hydrogens is 182 g/mol. The number of hydrogen-bond donors (Lipinski definition) is 0. The minimum absolute atomic E-state index is 0.752. The summed E-state index contributed by atoms with van der Waals surface area (Å²) in [5.41, 5.74) is 0. The SMILES string of the molecule is C[C@]1([C@@]2(C)CCCP2)CCCP1. The van der Waals surface area contributed by atoms with E-state index in [9.17, 15) is 0 Å². The summed E-state index contributed by atoms with van der Waals surface area (Å²) < 4.78 is 0. The molecule has 0 bridgehead atoms. The summed E-state index contributed by atoms with van der Waals surface area (Å²) in [5, 5.41) is 1.50. The summed E-state index contributed by atoms with van der Waals surface area (Å²) >= 11 is 0. The van der Waals surface area contributed by atoms with E-state index in [2.05, 4.69) is 13.8 Å². The van der Waals surface area contributed by atoms with Gasteiger partial charge in [0.05, 0.1) is 0 Å². The first-order valence-electron chi connectivity index (χ1n) is 5.16. The molecule has 2 aliphatic heterocycles. The molecule has 0 aromatic heterocycles. The molecule has 0 nitrogen and oxygen atoms in total. The van der Waals surface area contributed by atoms with Crippen molar-refractivity contribution in [2.75, 3.05) is 12.3 Å². The molecular formula is C10H20P2. The highest BCUT2D eigenvalue weighted by Crippen LogP contribution is 2.61. The monoisotopic (exact) mass is 202 g/mol. The molecule has 12 heavy (non-hydrogen) atoms. The van der Waals surface area contributed by atoms with Crippen molar-refractivity contribution < 1.29 is 0 Å². The Morgan fingerprint density at radius 3 is 1.50 bits per heavy atom. The van der Waals surface area contributed by atoms with Crippen LogP contribution in [-0.4, -0.2) is 22.6 Å². The third-order valence-electron chi connectivity index (χ3n) is 3.96. The zero-order valence-electron chi connectivity index (χ0n) is 8.24. The Kier molecular flexibility index (Phi) is 2.52. The molecule has 0 saturated carbocycles. The van der Waals surface area contributed by atoms with Gasteiger partial charge >= 0.3 is 0 Å². The van der Waals surface area contributed by atoms with Crippen LogP contribution in [-0.2, 0) is 0 Å². The van der Waals surface area contributed by atoms with Crippen LogP contribution < -0.4 is 0 Å². The standard InChI is InChI=1S/C10H20P2/c1-9(5-3-7-11-9)10(2)6-4-8-12-10/h11-12H,3-8H2,1-2H3/t9-,10-/m1/s1. The maximum absolute atomic E-state index is 2.57. The molecule has 4 atom stereocenters. The van der Waals surface area contributed by atoms with Crippen molar-refractivity contribution in [2.24, 2.45) is 0 Å². The van der Waals surface area contributed by atoms with Gasteiger partial charge in [0.2, 0.25) is 0 Å². The first-order chi connectivity index (χ1) is 5.66. The topological polar surface area (TPSA) is 0 Å².